The Hall–Kier alpha value is -2.96. The lowest BCUT2D eigenvalue weighted by atomic mass is 10.3. The van der Waals surface area contributed by atoms with Crippen LogP contribution in [0.15, 0.2) is 35.5 Å². The van der Waals surface area contributed by atoms with Gasteiger partial charge in [-0.2, -0.15) is 4.98 Å². The van der Waals surface area contributed by atoms with Crippen LogP contribution < -0.4 is 10.5 Å². The molecule has 1 aromatic carbocycles. The van der Waals surface area contributed by atoms with Crippen molar-refractivity contribution in [2.75, 3.05) is 5.32 Å². The normalized spacial score (nSPS) is 11.3. The van der Waals surface area contributed by atoms with E-state index in [1.165, 1.54) is 18.5 Å². The highest BCUT2D eigenvalue weighted by Gasteiger charge is 2.10. The first-order chi connectivity index (χ1) is 10.5. The molecule has 2 heterocycles. The molecule has 9 heteroatoms. The van der Waals surface area contributed by atoms with Crippen molar-refractivity contribution in [3.63, 3.8) is 0 Å². The van der Waals surface area contributed by atoms with Gasteiger partial charge in [0, 0.05) is 5.69 Å². The standard InChI is InChI=1S/C13H10N6O2S/c1-2-10-11-12(16-7-15-11)19-13(18-10)17-8-3-5-9(6-4-8)22(14,20)21/h1,3-7H,(H2,14,20,21)(H2,15,16,17,18,19). The molecule has 0 unspecified atom stereocenters. The fraction of sp³-hybridized carbons (Fsp3) is 0. The van der Waals surface area contributed by atoms with Crippen molar-refractivity contribution in [3.8, 4) is 12.3 Å². The fourth-order valence-corrected chi connectivity index (χ4v) is 2.37. The summed E-state index contributed by atoms with van der Waals surface area (Å²) >= 11 is 0. The molecule has 0 aliphatic carbocycles. The lowest BCUT2D eigenvalue weighted by Crippen LogP contribution is -2.11. The van der Waals surface area contributed by atoms with Gasteiger partial charge in [0.1, 0.15) is 11.2 Å². The quantitative estimate of drug-likeness (QED) is 0.611. The third-order valence-corrected chi connectivity index (χ3v) is 3.79. The van der Waals surface area contributed by atoms with Crippen molar-refractivity contribution in [1.29, 1.82) is 0 Å². The summed E-state index contributed by atoms with van der Waals surface area (Å²) in [6.45, 7) is 0. The molecule has 0 radical (unpaired) electrons. The summed E-state index contributed by atoms with van der Waals surface area (Å²) in [7, 11) is -3.72. The second kappa shape index (κ2) is 5.10. The number of hydrogen-bond acceptors (Lipinski definition) is 6. The molecule has 2 aromatic heterocycles. The zero-order valence-corrected chi connectivity index (χ0v) is 11.9. The molecule has 0 atom stereocenters. The number of nitrogens with zero attached hydrogens (tertiary/aromatic N) is 3. The van der Waals surface area contributed by atoms with Gasteiger partial charge in [-0.3, -0.25) is 0 Å². The van der Waals surface area contributed by atoms with Crippen molar-refractivity contribution in [3.05, 3.63) is 36.3 Å². The van der Waals surface area contributed by atoms with Crippen LogP contribution in [-0.4, -0.2) is 28.4 Å². The maximum Gasteiger partial charge on any atom is 0.238 e. The lowest BCUT2D eigenvalue weighted by Gasteiger charge is -2.06. The number of rotatable bonds is 3. The van der Waals surface area contributed by atoms with Gasteiger partial charge in [0.15, 0.2) is 5.65 Å². The molecule has 8 nitrogen and oxygen atoms in total. The number of fused-ring (bicyclic) bond motifs is 1. The van der Waals surface area contributed by atoms with Crippen molar-refractivity contribution in [1.82, 2.24) is 19.9 Å². The number of nitrogens with two attached hydrogens (primary N) is 1. The Bertz CT molecular complexity index is 986. The van der Waals surface area contributed by atoms with Crippen LogP contribution in [0.5, 0.6) is 0 Å². The number of nitrogens with one attached hydrogen (secondary N) is 2. The van der Waals surface area contributed by atoms with Crippen molar-refractivity contribution >= 4 is 32.8 Å². The van der Waals surface area contributed by atoms with Gasteiger partial charge < -0.3 is 10.3 Å². The van der Waals surface area contributed by atoms with Gasteiger partial charge in [-0.05, 0) is 30.2 Å². The van der Waals surface area contributed by atoms with E-state index in [4.69, 9.17) is 11.6 Å². The molecule has 0 saturated carbocycles. The summed E-state index contributed by atoms with van der Waals surface area (Å²) in [6.07, 6.45) is 6.89. The van der Waals surface area contributed by atoms with E-state index in [0.29, 0.717) is 22.5 Å². The third kappa shape index (κ3) is 2.60. The first-order valence-corrected chi connectivity index (χ1v) is 7.59. The molecule has 0 amide bonds. The molecular weight excluding hydrogens is 304 g/mol. The number of aromatic amines is 1. The minimum atomic E-state index is -3.72. The fourth-order valence-electron chi connectivity index (χ4n) is 1.85. The zero-order valence-electron chi connectivity index (χ0n) is 11.1. The molecule has 0 fully saturated rings. The lowest BCUT2D eigenvalue weighted by molar-refractivity contribution is 0.598. The van der Waals surface area contributed by atoms with Crippen LogP contribution in [0, 0.1) is 12.3 Å². The Kier molecular flexibility index (Phi) is 3.25. The van der Waals surface area contributed by atoms with Gasteiger partial charge >= 0.3 is 0 Å². The Balaban J connectivity index is 1.95. The van der Waals surface area contributed by atoms with Crippen molar-refractivity contribution < 1.29 is 8.42 Å². The monoisotopic (exact) mass is 314 g/mol. The van der Waals surface area contributed by atoms with E-state index in [1.807, 2.05) is 0 Å². The van der Waals surface area contributed by atoms with Gasteiger partial charge in [-0.15, -0.1) is 6.42 Å². The number of hydrogen-bond donors (Lipinski definition) is 3. The molecule has 22 heavy (non-hydrogen) atoms. The Morgan fingerprint density at radius 3 is 2.59 bits per heavy atom. The predicted molar refractivity (Wildman–Crippen MR) is 80.7 cm³/mol. The Morgan fingerprint density at radius 1 is 1.23 bits per heavy atom. The van der Waals surface area contributed by atoms with E-state index < -0.39 is 10.0 Å². The van der Waals surface area contributed by atoms with Crippen LogP contribution in [0.25, 0.3) is 11.2 Å². The minimum absolute atomic E-state index is 0.0195. The minimum Gasteiger partial charge on any atom is -0.341 e. The number of anilines is 2. The molecule has 0 saturated heterocycles. The Labute approximate surface area is 125 Å². The molecule has 0 aliphatic heterocycles. The number of terminal acetylenes is 1. The van der Waals surface area contributed by atoms with E-state index in [9.17, 15) is 8.42 Å². The van der Waals surface area contributed by atoms with Gasteiger partial charge in [0.05, 0.1) is 11.2 Å². The Morgan fingerprint density at radius 2 is 1.95 bits per heavy atom. The smallest absolute Gasteiger partial charge is 0.238 e. The van der Waals surface area contributed by atoms with Crippen LogP contribution in [0.2, 0.25) is 0 Å². The second-order valence-electron chi connectivity index (χ2n) is 4.34. The summed E-state index contributed by atoms with van der Waals surface area (Å²) < 4.78 is 22.4. The van der Waals surface area contributed by atoms with Crippen LogP contribution in [0.1, 0.15) is 5.69 Å². The van der Waals surface area contributed by atoms with Crippen LogP contribution in [-0.2, 0) is 10.0 Å². The van der Waals surface area contributed by atoms with Gasteiger partial charge in [0.25, 0.3) is 0 Å². The largest absolute Gasteiger partial charge is 0.341 e. The molecule has 0 bridgehead atoms. The third-order valence-electron chi connectivity index (χ3n) is 2.86. The van der Waals surface area contributed by atoms with E-state index >= 15 is 0 Å². The van der Waals surface area contributed by atoms with E-state index in [0.717, 1.165) is 0 Å². The van der Waals surface area contributed by atoms with Gasteiger partial charge in [-0.1, -0.05) is 0 Å². The molecule has 3 aromatic rings. The van der Waals surface area contributed by atoms with Gasteiger partial charge in [0.2, 0.25) is 16.0 Å². The maximum absolute atomic E-state index is 11.2. The highest BCUT2D eigenvalue weighted by Crippen LogP contribution is 2.18. The molecule has 110 valence electrons. The average molecular weight is 314 g/mol. The summed E-state index contributed by atoms with van der Waals surface area (Å²) in [5.41, 5.74) is 1.99. The summed E-state index contributed by atoms with van der Waals surface area (Å²) in [6, 6.07) is 5.86. The number of H-pyrrole nitrogens is 1. The van der Waals surface area contributed by atoms with E-state index in [1.54, 1.807) is 12.1 Å². The van der Waals surface area contributed by atoms with Crippen molar-refractivity contribution in [2.45, 2.75) is 4.90 Å². The highest BCUT2D eigenvalue weighted by molar-refractivity contribution is 7.89. The SMILES string of the molecule is C#Cc1nc(Nc2ccc(S(N)(=O)=O)cc2)nc2nc[nH]c12. The molecule has 0 spiro atoms. The van der Waals surface area contributed by atoms with Crippen molar-refractivity contribution in [2.24, 2.45) is 5.14 Å². The molecule has 3 rings (SSSR count). The van der Waals surface area contributed by atoms with E-state index in [2.05, 4.69) is 31.2 Å². The summed E-state index contributed by atoms with van der Waals surface area (Å²) in [4.78, 5) is 15.3. The summed E-state index contributed by atoms with van der Waals surface area (Å²) in [5.74, 6) is 2.71. The zero-order chi connectivity index (χ0) is 15.7. The van der Waals surface area contributed by atoms with Gasteiger partial charge in [-0.25, -0.2) is 23.5 Å². The molecule has 4 N–H and O–H groups in total. The first kappa shape index (κ1) is 14.0. The number of primary sulfonamides is 1. The number of benzene rings is 1. The van der Waals surface area contributed by atoms with Crippen LogP contribution in [0.3, 0.4) is 0 Å². The maximum atomic E-state index is 11.2. The summed E-state index contributed by atoms with van der Waals surface area (Å²) in [5, 5.41) is 7.97. The van der Waals surface area contributed by atoms with E-state index in [-0.39, 0.29) is 10.8 Å². The predicted octanol–water partition coefficient (Wildman–Crippen LogP) is 0.725. The number of aromatic nitrogens is 4. The number of sulfonamides is 1. The average Bonchev–Trinajstić information content (AvgIpc) is 2.94. The second-order valence-corrected chi connectivity index (χ2v) is 5.90. The topological polar surface area (TPSA) is 127 Å². The molecular formula is C13H10N6O2S. The molecule has 0 aliphatic rings. The van der Waals surface area contributed by atoms with Crippen LogP contribution >= 0.6 is 0 Å². The number of imidazole rings is 1. The van der Waals surface area contributed by atoms with Crippen LogP contribution in [0.4, 0.5) is 11.6 Å². The highest BCUT2D eigenvalue weighted by atomic mass is 32.2. The first-order valence-electron chi connectivity index (χ1n) is 6.05.